The number of carbonyl (C=O) groups is 2. The van der Waals surface area contributed by atoms with E-state index in [1.54, 1.807) is 0 Å². The maximum Gasteiger partial charge on any atom is 0.309 e. The molecule has 1 N–H and O–H groups in total. The van der Waals surface area contributed by atoms with Gasteiger partial charge in [0.25, 0.3) is 5.91 Å². The van der Waals surface area contributed by atoms with Crippen molar-refractivity contribution in [1.29, 1.82) is 0 Å². The zero-order chi connectivity index (χ0) is 15.5. The summed E-state index contributed by atoms with van der Waals surface area (Å²) >= 11 is 0. The number of fused-ring (bicyclic) bond motifs is 1. The second-order valence-electron chi connectivity index (χ2n) is 5.57. The van der Waals surface area contributed by atoms with Crippen LogP contribution in [0.4, 0.5) is 0 Å². The SMILES string of the molecule is C[C@@H](NC(=O)COC(=O)C1CC1)c1ccc2c(c1)OCCO2. The molecule has 0 radical (unpaired) electrons. The van der Waals surface area contributed by atoms with Crippen molar-refractivity contribution < 1.29 is 23.8 Å². The van der Waals surface area contributed by atoms with Gasteiger partial charge in [0, 0.05) is 0 Å². The molecule has 6 heteroatoms. The van der Waals surface area contributed by atoms with E-state index in [0.29, 0.717) is 24.7 Å². The Balaban J connectivity index is 1.53. The minimum atomic E-state index is -0.309. The molecule has 1 aliphatic heterocycles. The van der Waals surface area contributed by atoms with E-state index < -0.39 is 0 Å². The molecule has 1 saturated carbocycles. The van der Waals surface area contributed by atoms with Crippen molar-refractivity contribution in [3.05, 3.63) is 23.8 Å². The van der Waals surface area contributed by atoms with Crippen LogP contribution in [0.5, 0.6) is 11.5 Å². The summed E-state index contributed by atoms with van der Waals surface area (Å²) in [5, 5.41) is 2.81. The van der Waals surface area contributed by atoms with Crippen molar-refractivity contribution in [1.82, 2.24) is 5.32 Å². The number of rotatable bonds is 5. The third-order valence-electron chi connectivity index (χ3n) is 3.70. The van der Waals surface area contributed by atoms with Crippen LogP contribution in [0.1, 0.15) is 31.4 Å². The van der Waals surface area contributed by atoms with Crippen LogP contribution >= 0.6 is 0 Å². The van der Waals surface area contributed by atoms with Gasteiger partial charge in [0.2, 0.25) is 0 Å². The topological polar surface area (TPSA) is 73.9 Å². The fraction of sp³-hybridized carbons (Fsp3) is 0.500. The molecule has 22 heavy (non-hydrogen) atoms. The molecule has 118 valence electrons. The Morgan fingerprint density at radius 3 is 2.73 bits per heavy atom. The van der Waals surface area contributed by atoms with Crippen molar-refractivity contribution in [2.75, 3.05) is 19.8 Å². The molecule has 0 unspecified atom stereocenters. The van der Waals surface area contributed by atoms with Gasteiger partial charge in [-0.25, -0.2) is 0 Å². The van der Waals surface area contributed by atoms with Crippen molar-refractivity contribution in [2.45, 2.75) is 25.8 Å². The van der Waals surface area contributed by atoms with E-state index in [0.717, 1.165) is 18.4 Å². The van der Waals surface area contributed by atoms with E-state index in [4.69, 9.17) is 14.2 Å². The third-order valence-corrected chi connectivity index (χ3v) is 3.70. The van der Waals surface area contributed by atoms with Crippen molar-refractivity contribution in [3.63, 3.8) is 0 Å². The summed E-state index contributed by atoms with van der Waals surface area (Å²) < 4.78 is 15.9. The number of esters is 1. The number of carbonyl (C=O) groups excluding carboxylic acids is 2. The lowest BCUT2D eigenvalue weighted by atomic mass is 10.1. The molecule has 1 amide bonds. The maximum absolute atomic E-state index is 11.8. The van der Waals surface area contributed by atoms with Crippen LogP contribution in [-0.2, 0) is 14.3 Å². The van der Waals surface area contributed by atoms with Gasteiger partial charge in [-0.1, -0.05) is 6.07 Å². The molecule has 1 aliphatic carbocycles. The molecule has 6 nitrogen and oxygen atoms in total. The van der Waals surface area contributed by atoms with E-state index >= 15 is 0 Å². The highest BCUT2D eigenvalue weighted by Gasteiger charge is 2.31. The quantitative estimate of drug-likeness (QED) is 0.836. The van der Waals surface area contributed by atoms with E-state index in [2.05, 4.69) is 5.32 Å². The van der Waals surface area contributed by atoms with Gasteiger partial charge in [0.15, 0.2) is 18.1 Å². The lowest BCUT2D eigenvalue weighted by molar-refractivity contribution is -0.150. The Morgan fingerprint density at radius 1 is 1.27 bits per heavy atom. The molecule has 1 atom stereocenters. The Bertz CT molecular complexity index is 582. The zero-order valence-corrected chi connectivity index (χ0v) is 12.5. The van der Waals surface area contributed by atoms with E-state index in [1.165, 1.54) is 0 Å². The monoisotopic (exact) mass is 305 g/mol. The number of hydrogen-bond acceptors (Lipinski definition) is 5. The second kappa shape index (κ2) is 6.25. The first-order valence-electron chi connectivity index (χ1n) is 7.49. The Hall–Kier alpha value is -2.24. The smallest absolute Gasteiger partial charge is 0.309 e. The molecule has 1 aromatic rings. The highest BCUT2D eigenvalue weighted by atomic mass is 16.6. The fourth-order valence-corrected chi connectivity index (χ4v) is 2.27. The molecule has 0 spiro atoms. The van der Waals surface area contributed by atoms with E-state index in [-0.39, 0.29) is 30.4 Å². The van der Waals surface area contributed by atoms with Crippen LogP contribution in [0.25, 0.3) is 0 Å². The van der Waals surface area contributed by atoms with Crippen LogP contribution in [0, 0.1) is 5.92 Å². The number of benzene rings is 1. The summed E-state index contributed by atoms with van der Waals surface area (Å²) in [6, 6.07) is 5.37. The Morgan fingerprint density at radius 2 is 2.00 bits per heavy atom. The molecule has 1 heterocycles. The summed E-state index contributed by atoms with van der Waals surface area (Å²) in [6.07, 6.45) is 1.74. The molecule has 3 rings (SSSR count). The van der Waals surface area contributed by atoms with Crippen LogP contribution in [0.3, 0.4) is 0 Å². The summed E-state index contributed by atoms with van der Waals surface area (Å²) in [5.74, 6) is 0.818. The molecule has 2 aliphatic rings. The summed E-state index contributed by atoms with van der Waals surface area (Å²) in [5.41, 5.74) is 0.908. The molecule has 1 aromatic carbocycles. The van der Waals surface area contributed by atoms with Crippen LogP contribution < -0.4 is 14.8 Å². The van der Waals surface area contributed by atoms with Gasteiger partial charge in [-0.3, -0.25) is 9.59 Å². The lowest BCUT2D eigenvalue weighted by Crippen LogP contribution is -2.31. The maximum atomic E-state index is 11.8. The molecular formula is C16H19NO5. The predicted octanol–water partition coefficient (Wildman–Crippen LogP) is 1.59. The van der Waals surface area contributed by atoms with Crippen molar-refractivity contribution >= 4 is 11.9 Å². The van der Waals surface area contributed by atoms with E-state index in [9.17, 15) is 9.59 Å². The average molecular weight is 305 g/mol. The fourth-order valence-electron chi connectivity index (χ4n) is 2.27. The second-order valence-corrected chi connectivity index (χ2v) is 5.57. The molecule has 0 saturated heterocycles. The third kappa shape index (κ3) is 3.50. The standard InChI is InChI=1S/C16H19NO5/c1-10(17-15(18)9-22-16(19)11-2-3-11)12-4-5-13-14(8-12)21-7-6-20-13/h4-5,8,10-11H,2-3,6-7,9H2,1H3,(H,17,18)/t10-/m1/s1. The first kappa shape index (κ1) is 14.7. The predicted molar refractivity (Wildman–Crippen MR) is 77.7 cm³/mol. The van der Waals surface area contributed by atoms with Gasteiger partial charge in [-0.2, -0.15) is 0 Å². The van der Waals surface area contributed by atoms with Gasteiger partial charge in [0.1, 0.15) is 13.2 Å². The number of amides is 1. The minimum Gasteiger partial charge on any atom is -0.486 e. The van der Waals surface area contributed by atoms with Gasteiger partial charge >= 0.3 is 5.97 Å². The Kier molecular flexibility index (Phi) is 4.18. The highest BCUT2D eigenvalue weighted by molar-refractivity contribution is 5.82. The zero-order valence-electron chi connectivity index (χ0n) is 12.5. The van der Waals surface area contributed by atoms with Crippen LogP contribution in [0.15, 0.2) is 18.2 Å². The number of nitrogens with one attached hydrogen (secondary N) is 1. The molecule has 1 fully saturated rings. The van der Waals surface area contributed by atoms with Gasteiger partial charge in [-0.05, 0) is 37.5 Å². The van der Waals surface area contributed by atoms with Gasteiger partial charge in [0.05, 0.1) is 12.0 Å². The minimum absolute atomic E-state index is 0.00279. The van der Waals surface area contributed by atoms with Crippen molar-refractivity contribution in [2.24, 2.45) is 5.92 Å². The van der Waals surface area contributed by atoms with Crippen LogP contribution in [0.2, 0.25) is 0 Å². The summed E-state index contributed by atoms with van der Waals surface area (Å²) in [6.45, 7) is 2.70. The molecular weight excluding hydrogens is 286 g/mol. The Labute approximate surface area is 128 Å². The van der Waals surface area contributed by atoms with E-state index in [1.807, 2.05) is 25.1 Å². The van der Waals surface area contributed by atoms with Gasteiger partial charge in [-0.15, -0.1) is 0 Å². The first-order valence-corrected chi connectivity index (χ1v) is 7.49. The number of hydrogen-bond donors (Lipinski definition) is 1. The van der Waals surface area contributed by atoms with Gasteiger partial charge < -0.3 is 19.5 Å². The number of ether oxygens (including phenoxy) is 3. The normalized spacial score (nSPS) is 17.5. The average Bonchev–Trinajstić information content (AvgIpc) is 3.37. The summed E-state index contributed by atoms with van der Waals surface area (Å²) in [7, 11) is 0. The molecule has 0 bridgehead atoms. The van der Waals surface area contributed by atoms with Crippen molar-refractivity contribution in [3.8, 4) is 11.5 Å². The summed E-state index contributed by atoms with van der Waals surface area (Å²) in [4.78, 5) is 23.2. The largest absolute Gasteiger partial charge is 0.486 e. The van der Waals surface area contributed by atoms with Crippen LogP contribution in [-0.4, -0.2) is 31.7 Å². The highest BCUT2D eigenvalue weighted by Crippen LogP contribution is 2.32. The lowest BCUT2D eigenvalue weighted by Gasteiger charge is -2.21. The first-order chi connectivity index (χ1) is 10.6. The molecule has 0 aromatic heterocycles.